The molecule has 4 atom stereocenters. The van der Waals surface area contributed by atoms with Crippen LogP contribution in [0.5, 0.6) is 0 Å². The Morgan fingerprint density at radius 3 is 1.96 bits per heavy atom. The van der Waals surface area contributed by atoms with Gasteiger partial charge in [0.05, 0.1) is 12.1 Å². The van der Waals surface area contributed by atoms with E-state index < -0.39 is 54.5 Å². The van der Waals surface area contributed by atoms with Gasteiger partial charge in [0, 0.05) is 0 Å². The van der Waals surface area contributed by atoms with E-state index in [0.29, 0.717) is 6.42 Å². The highest BCUT2D eigenvalue weighted by molar-refractivity contribution is 5.93. The first-order valence-electron chi connectivity index (χ1n) is 7.99. The molecule has 0 aromatic carbocycles. The summed E-state index contributed by atoms with van der Waals surface area (Å²) >= 11 is 0. The van der Waals surface area contributed by atoms with Crippen molar-refractivity contribution in [2.24, 2.45) is 11.7 Å². The number of hydrogen-bond acceptors (Lipinski definition) is 6. The van der Waals surface area contributed by atoms with Crippen molar-refractivity contribution in [2.75, 3.05) is 6.54 Å². The van der Waals surface area contributed by atoms with Crippen molar-refractivity contribution in [1.82, 2.24) is 16.0 Å². The van der Waals surface area contributed by atoms with Crippen LogP contribution in [0.2, 0.25) is 0 Å². The second-order valence-electron chi connectivity index (χ2n) is 6.30. The molecule has 0 aliphatic carbocycles. The fourth-order valence-electron chi connectivity index (χ4n) is 1.96. The number of aliphatic carboxylic acids is 1. The summed E-state index contributed by atoms with van der Waals surface area (Å²) in [5, 5.41) is 25.0. The van der Waals surface area contributed by atoms with Crippen molar-refractivity contribution in [1.29, 1.82) is 0 Å². The Balaban J connectivity index is 4.76. The van der Waals surface area contributed by atoms with E-state index in [1.54, 1.807) is 0 Å². The van der Waals surface area contributed by atoms with Gasteiger partial charge in [0.15, 0.2) is 0 Å². The lowest BCUT2D eigenvalue weighted by atomic mass is 10.0. The van der Waals surface area contributed by atoms with Crippen LogP contribution in [0.1, 0.15) is 34.1 Å². The highest BCUT2D eigenvalue weighted by atomic mass is 16.4. The molecule has 0 bridgehead atoms. The van der Waals surface area contributed by atoms with Crippen molar-refractivity contribution in [3.8, 4) is 0 Å². The summed E-state index contributed by atoms with van der Waals surface area (Å²) in [6, 6.07) is -3.17. The van der Waals surface area contributed by atoms with E-state index in [-0.39, 0.29) is 5.92 Å². The van der Waals surface area contributed by atoms with Gasteiger partial charge in [-0.1, -0.05) is 13.8 Å². The Kier molecular flexibility index (Phi) is 9.69. The number of nitrogens with two attached hydrogens (primary N) is 1. The minimum Gasteiger partial charge on any atom is -0.480 e. The van der Waals surface area contributed by atoms with Crippen molar-refractivity contribution in [2.45, 2.75) is 58.3 Å². The van der Waals surface area contributed by atoms with Crippen LogP contribution in [0.15, 0.2) is 0 Å². The second-order valence-corrected chi connectivity index (χ2v) is 6.30. The molecule has 0 spiro atoms. The quantitative estimate of drug-likeness (QED) is 0.260. The van der Waals surface area contributed by atoms with Gasteiger partial charge in [0.2, 0.25) is 17.7 Å². The molecule has 0 aliphatic rings. The van der Waals surface area contributed by atoms with Gasteiger partial charge >= 0.3 is 5.97 Å². The number of carbonyl (C=O) groups is 4. The summed E-state index contributed by atoms with van der Waals surface area (Å²) in [7, 11) is 0. The number of aliphatic hydroxyl groups is 1. The largest absolute Gasteiger partial charge is 0.480 e. The van der Waals surface area contributed by atoms with Crippen molar-refractivity contribution >= 4 is 23.7 Å². The molecule has 10 heteroatoms. The molecule has 0 aromatic heterocycles. The van der Waals surface area contributed by atoms with Gasteiger partial charge < -0.3 is 31.9 Å². The smallest absolute Gasteiger partial charge is 0.322 e. The van der Waals surface area contributed by atoms with Crippen molar-refractivity contribution in [3.05, 3.63) is 0 Å². The Morgan fingerprint density at radius 2 is 1.52 bits per heavy atom. The maximum Gasteiger partial charge on any atom is 0.322 e. The van der Waals surface area contributed by atoms with Crippen LogP contribution in [-0.2, 0) is 19.2 Å². The van der Waals surface area contributed by atoms with Gasteiger partial charge in [0.1, 0.15) is 18.6 Å². The number of rotatable bonds is 10. The zero-order valence-electron chi connectivity index (χ0n) is 14.9. The summed E-state index contributed by atoms with van der Waals surface area (Å²) < 4.78 is 0. The van der Waals surface area contributed by atoms with E-state index in [1.807, 2.05) is 13.8 Å². The molecular formula is C15H28N4O6. The summed E-state index contributed by atoms with van der Waals surface area (Å²) in [6.45, 7) is 5.86. The fourth-order valence-corrected chi connectivity index (χ4v) is 1.96. The predicted molar refractivity (Wildman–Crippen MR) is 89.3 cm³/mol. The summed E-state index contributed by atoms with van der Waals surface area (Å²) in [5.41, 5.74) is 5.74. The minimum absolute atomic E-state index is 0.178. The van der Waals surface area contributed by atoms with Gasteiger partial charge in [-0.3, -0.25) is 19.2 Å². The van der Waals surface area contributed by atoms with E-state index in [1.165, 1.54) is 13.8 Å². The normalized spacial score (nSPS) is 15.6. The van der Waals surface area contributed by atoms with Crippen LogP contribution < -0.4 is 21.7 Å². The number of nitrogens with one attached hydrogen (secondary N) is 3. The Labute approximate surface area is 146 Å². The molecule has 0 radical (unpaired) electrons. The Morgan fingerprint density at radius 1 is 0.960 bits per heavy atom. The first-order chi connectivity index (χ1) is 11.5. The minimum atomic E-state index is -1.29. The molecule has 3 amide bonds. The lowest BCUT2D eigenvalue weighted by Crippen LogP contribution is -2.58. The van der Waals surface area contributed by atoms with Crippen LogP contribution in [0.4, 0.5) is 0 Å². The van der Waals surface area contributed by atoms with E-state index in [9.17, 15) is 24.3 Å². The molecule has 7 N–H and O–H groups in total. The molecule has 4 unspecified atom stereocenters. The zero-order chi connectivity index (χ0) is 19.7. The molecule has 25 heavy (non-hydrogen) atoms. The maximum absolute atomic E-state index is 12.2. The third-order valence-electron chi connectivity index (χ3n) is 3.29. The fraction of sp³-hybridized carbons (Fsp3) is 0.733. The monoisotopic (exact) mass is 360 g/mol. The number of aliphatic hydroxyl groups excluding tert-OH is 1. The lowest BCUT2D eigenvalue weighted by molar-refractivity contribution is -0.138. The highest BCUT2D eigenvalue weighted by Gasteiger charge is 2.29. The van der Waals surface area contributed by atoms with Gasteiger partial charge in [0.25, 0.3) is 0 Å². The lowest BCUT2D eigenvalue weighted by Gasteiger charge is -2.24. The molecule has 10 nitrogen and oxygen atoms in total. The number of carboxylic acid groups (broad SMARTS) is 1. The first kappa shape index (κ1) is 22.8. The van der Waals surface area contributed by atoms with Crippen LogP contribution in [-0.4, -0.2) is 64.7 Å². The van der Waals surface area contributed by atoms with Crippen LogP contribution >= 0.6 is 0 Å². The van der Waals surface area contributed by atoms with Crippen LogP contribution in [0.3, 0.4) is 0 Å². The number of amides is 3. The average molecular weight is 360 g/mol. The molecule has 0 aliphatic heterocycles. The summed E-state index contributed by atoms with van der Waals surface area (Å²) in [4.78, 5) is 46.3. The topological polar surface area (TPSA) is 171 Å². The molecule has 0 saturated carbocycles. The third kappa shape index (κ3) is 9.01. The maximum atomic E-state index is 12.2. The molecule has 0 heterocycles. The summed E-state index contributed by atoms with van der Waals surface area (Å²) in [5.74, 6) is -3.11. The molecular weight excluding hydrogens is 332 g/mol. The number of carbonyl (C=O) groups excluding carboxylic acids is 3. The van der Waals surface area contributed by atoms with Crippen LogP contribution in [0.25, 0.3) is 0 Å². The van der Waals surface area contributed by atoms with Gasteiger partial charge in [-0.2, -0.15) is 0 Å². The number of carboxylic acids is 1. The third-order valence-corrected chi connectivity index (χ3v) is 3.29. The summed E-state index contributed by atoms with van der Waals surface area (Å²) in [6.07, 6.45) is -0.807. The molecule has 0 fully saturated rings. The predicted octanol–water partition coefficient (Wildman–Crippen LogP) is -2.07. The molecule has 0 rings (SSSR count). The standard InChI is InChI=1S/C15H28N4O6/c1-7(2)5-10(16)14(24)19-12(9(4)20)15(25)18-8(3)13(23)17-6-11(21)22/h7-10,12,20H,5-6,16H2,1-4H3,(H,17,23)(H,18,25)(H,19,24)(H,21,22). The zero-order valence-corrected chi connectivity index (χ0v) is 14.9. The SMILES string of the molecule is CC(C)CC(N)C(=O)NC(C(=O)NC(C)C(=O)NCC(=O)O)C(C)O. The van der Waals surface area contributed by atoms with Crippen LogP contribution in [0, 0.1) is 5.92 Å². The second kappa shape index (κ2) is 10.6. The van der Waals surface area contributed by atoms with Gasteiger partial charge in [-0.15, -0.1) is 0 Å². The van der Waals surface area contributed by atoms with E-state index in [0.717, 1.165) is 0 Å². The van der Waals surface area contributed by atoms with Gasteiger partial charge in [-0.05, 0) is 26.2 Å². The van der Waals surface area contributed by atoms with E-state index >= 15 is 0 Å². The Hall–Kier alpha value is -2.20. The molecule has 0 saturated heterocycles. The first-order valence-corrected chi connectivity index (χ1v) is 7.99. The molecule has 144 valence electrons. The highest BCUT2D eigenvalue weighted by Crippen LogP contribution is 2.04. The average Bonchev–Trinajstić information content (AvgIpc) is 2.48. The Bertz CT molecular complexity index is 494. The molecule has 0 aromatic rings. The van der Waals surface area contributed by atoms with E-state index in [4.69, 9.17) is 10.8 Å². The van der Waals surface area contributed by atoms with E-state index in [2.05, 4.69) is 16.0 Å². The van der Waals surface area contributed by atoms with Crippen molar-refractivity contribution < 1.29 is 29.4 Å². The van der Waals surface area contributed by atoms with Crippen molar-refractivity contribution in [3.63, 3.8) is 0 Å². The van der Waals surface area contributed by atoms with Gasteiger partial charge in [-0.25, -0.2) is 0 Å². The number of hydrogen-bond donors (Lipinski definition) is 6.